The Morgan fingerprint density at radius 2 is 1.56 bits per heavy atom. The largest absolute Gasteiger partial charge is 0.513 e. The Hall–Kier alpha value is -2.90. The van der Waals surface area contributed by atoms with Crippen LogP contribution in [0.1, 0.15) is 45.4 Å². The Morgan fingerprint density at radius 1 is 1.00 bits per heavy atom. The van der Waals surface area contributed by atoms with E-state index in [1.54, 1.807) is 30.3 Å². The highest BCUT2D eigenvalue weighted by molar-refractivity contribution is 7.52. The lowest BCUT2D eigenvalue weighted by molar-refractivity contribution is -0.384. The number of nitrogens with one attached hydrogen (secondary N) is 1. The number of carbonyl (C=O) groups excluding carboxylic acids is 1. The molecule has 0 aromatic heterocycles. The molecular weight excluding hydrogens is 435 g/mol. The van der Waals surface area contributed by atoms with E-state index in [9.17, 15) is 19.5 Å². The first-order valence-corrected chi connectivity index (χ1v) is 12.2. The Labute approximate surface area is 186 Å². The fourth-order valence-corrected chi connectivity index (χ4v) is 4.90. The smallest absolute Gasteiger partial charge is 0.461 e. The first kappa shape index (κ1) is 23.8. The molecule has 1 fully saturated rings. The molecule has 32 heavy (non-hydrogen) atoms. The highest BCUT2D eigenvalue weighted by atomic mass is 31.2. The molecular formula is C22H27N2O7P. The second-order valence-electron chi connectivity index (χ2n) is 7.65. The van der Waals surface area contributed by atoms with E-state index in [1.165, 1.54) is 31.2 Å². The lowest BCUT2D eigenvalue weighted by atomic mass is 10.1. The third-order valence-electron chi connectivity index (χ3n) is 5.03. The summed E-state index contributed by atoms with van der Waals surface area (Å²) in [6, 6.07) is 12.5. The number of esters is 1. The van der Waals surface area contributed by atoms with Gasteiger partial charge in [-0.1, -0.05) is 31.0 Å². The maximum absolute atomic E-state index is 13.5. The number of hydrogen-bond acceptors (Lipinski definition) is 7. The van der Waals surface area contributed by atoms with Crippen LogP contribution in [0.25, 0.3) is 0 Å². The van der Waals surface area contributed by atoms with Gasteiger partial charge in [-0.3, -0.25) is 14.9 Å². The second kappa shape index (κ2) is 11.1. The number of non-ortho nitro benzene ring substituents is 1. The van der Waals surface area contributed by atoms with Gasteiger partial charge < -0.3 is 13.8 Å². The van der Waals surface area contributed by atoms with Crippen LogP contribution in [0.15, 0.2) is 54.6 Å². The number of ether oxygens (including phenoxy) is 1. The van der Waals surface area contributed by atoms with Gasteiger partial charge >= 0.3 is 13.7 Å². The number of hydrogen-bond donors (Lipinski definition) is 1. The van der Waals surface area contributed by atoms with Gasteiger partial charge in [0.1, 0.15) is 23.6 Å². The molecule has 0 spiro atoms. The lowest BCUT2D eigenvalue weighted by Gasteiger charge is -2.24. The molecule has 2 aromatic rings. The minimum Gasteiger partial charge on any atom is -0.461 e. The molecule has 0 aliphatic heterocycles. The minimum atomic E-state index is -4.09. The third-order valence-corrected chi connectivity index (χ3v) is 6.64. The summed E-state index contributed by atoms with van der Waals surface area (Å²) < 4.78 is 30.3. The number of rotatable bonds is 9. The normalized spacial score (nSPS) is 17.4. The molecule has 0 radical (unpaired) electrons. The van der Waals surface area contributed by atoms with Crippen molar-refractivity contribution in [2.75, 3.05) is 0 Å². The summed E-state index contributed by atoms with van der Waals surface area (Å²) in [6.45, 7) is 1.53. The van der Waals surface area contributed by atoms with Crippen LogP contribution < -0.4 is 14.1 Å². The van der Waals surface area contributed by atoms with Crippen molar-refractivity contribution in [2.24, 2.45) is 0 Å². The van der Waals surface area contributed by atoms with E-state index < -0.39 is 24.7 Å². The minimum absolute atomic E-state index is 0.0895. The maximum atomic E-state index is 13.5. The first-order valence-electron chi connectivity index (χ1n) is 10.6. The molecule has 1 saturated carbocycles. The summed E-state index contributed by atoms with van der Waals surface area (Å²) in [7, 11) is -4.09. The van der Waals surface area contributed by atoms with Crippen molar-refractivity contribution in [3.63, 3.8) is 0 Å². The van der Waals surface area contributed by atoms with Crippen LogP contribution in [-0.4, -0.2) is 23.0 Å². The van der Waals surface area contributed by atoms with Crippen LogP contribution in [0.4, 0.5) is 5.69 Å². The van der Waals surface area contributed by atoms with E-state index >= 15 is 0 Å². The van der Waals surface area contributed by atoms with E-state index in [0.717, 1.165) is 38.5 Å². The number of carbonyl (C=O) groups is 1. The average Bonchev–Trinajstić information content (AvgIpc) is 3.03. The molecule has 2 aromatic carbocycles. The molecule has 1 N–H and O–H groups in total. The monoisotopic (exact) mass is 462 g/mol. The van der Waals surface area contributed by atoms with Crippen molar-refractivity contribution >= 4 is 19.4 Å². The van der Waals surface area contributed by atoms with Crippen molar-refractivity contribution in [2.45, 2.75) is 57.6 Å². The van der Waals surface area contributed by atoms with Gasteiger partial charge in [0, 0.05) is 12.1 Å². The summed E-state index contributed by atoms with van der Waals surface area (Å²) >= 11 is 0. The van der Waals surface area contributed by atoms with Gasteiger partial charge in [0.05, 0.1) is 4.92 Å². The summed E-state index contributed by atoms with van der Waals surface area (Å²) in [6.07, 6.45) is 5.76. The summed E-state index contributed by atoms with van der Waals surface area (Å²) in [5.41, 5.74) is -0.135. The Kier molecular flexibility index (Phi) is 8.25. The van der Waals surface area contributed by atoms with E-state index in [4.69, 9.17) is 13.8 Å². The van der Waals surface area contributed by atoms with Crippen molar-refractivity contribution in [3.05, 3.63) is 64.7 Å². The predicted molar refractivity (Wildman–Crippen MR) is 119 cm³/mol. The molecule has 10 heteroatoms. The van der Waals surface area contributed by atoms with Crippen LogP contribution >= 0.6 is 7.75 Å². The molecule has 0 saturated heterocycles. The van der Waals surface area contributed by atoms with Gasteiger partial charge in [0.25, 0.3) is 5.69 Å². The number of para-hydroxylation sites is 1. The average molecular weight is 462 g/mol. The van der Waals surface area contributed by atoms with E-state index in [1.807, 2.05) is 0 Å². The highest BCUT2D eigenvalue weighted by Gasteiger charge is 2.34. The van der Waals surface area contributed by atoms with Crippen LogP contribution in [0, 0.1) is 10.1 Å². The summed E-state index contributed by atoms with van der Waals surface area (Å²) in [5, 5.41) is 13.5. The second-order valence-corrected chi connectivity index (χ2v) is 9.26. The fourth-order valence-electron chi connectivity index (χ4n) is 3.37. The van der Waals surface area contributed by atoms with Crippen LogP contribution in [0.2, 0.25) is 0 Å². The van der Waals surface area contributed by atoms with Gasteiger partial charge in [-0.05, 0) is 56.9 Å². The number of benzene rings is 2. The van der Waals surface area contributed by atoms with Gasteiger partial charge in [-0.25, -0.2) is 4.57 Å². The number of nitrogens with zero attached hydrogens (tertiary/aromatic N) is 1. The SMILES string of the molecule is C[C@H](NP(=O)(Oc1ccccc1)Oc1ccc([N+](=O)[O-])cc1)C(=O)OC1CCCCCC1. The molecule has 3 rings (SSSR count). The Morgan fingerprint density at radius 3 is 2.12 bits per heavy atom. The van der Waals surface area contributed by atoms with E-state index in [-0.39, 0.29) is 23.3 Å². The number of nitro groups is 1. The molecule has 2 atom stereocenters. The van der Waals surface area contributed by atoms with Crippen LogP contribution in [0.3, 0.4) is 0 Å². The first-order chi connectivity index (χ1) is 15.3. The van der Waals surface area contributed by atoms with Gasteiger partial charge in [0.2, 0.25) is 0 Å². The predicted octanol–water partition coefficient (Wildman–Crippen LogP) is 5.40. The standard InChI is InChI=1S/C22H27N2O7P/c1-17(22(25)29-19-9-5-2-3-6-10-19)23-32(28,30-20-11-7-4-8-12-20)31-21-15-13-18(14-16-21)24(26)27/h4,7-8,11-17,19H,2-3,5-6,9-10H2,1H3,(H,23,28)/t17-,32?/m0/s1. The van der Waals surface area contributed by atoms with Crippen LogP contribution in [0.5, 0.6) is 11.5 Å². The van der Waals surface area contributed by atoms with E-state index in [0.29, 0.717) is 0 Å². The van der Waals surface area contributed by atoms with Crippen molar-refractivity contribution < 1.29 is 28.1 Å². The molecule has 9 nitrogen and oxygen atoms in total. The van der Waals surface area contributed by atoms with E-state index in [2.05, 4.69) is 5.09 Å². The zero-order chi connectivity index (χ0) is 23.0. The Balaban J connectivity index is 1.73. The molecule has 172 valence electrons. The summed E-state index contributed by atoms with van der Waals surface area (Å²) in [4.78, 5) is 23.0. The third kappa shape index (κ3) is 7.07. The molecule has 0 heterocycles. The fraction of sp³-hybridized carbons (Fsp3) is 0.409. The lowest BCUT2D eigenvalue weighted by Crippen LogP contribution is -2.37. The van der Waals surface area contributed by atoms with Gasteiger partial charge in [0.15, 0.2) is 0 Å². The molecule has 1 unspecified atom stereocenters. The van der Waals surface area contributed by atoms with Crippen LogP contribution in [-0.2, 0) is 14.1 Å². The Bertz CT molecular complexity index is 945. The molecule has 0 bridgehead atoms. The number of nitro benzene ring substituents is 1. The molecule has 1 aliphatic carbocycles. The molecule has 0 amide bonds. The van der Waals surface area contributed by atoms with Crippen molar-refractivity contribution in [1.82, 2.24) is 5.09 Å². The topological polar surface area (TPSA) is 117 Å². The van der Waals surface area contributed by atoms with Gasteiger partial charge in [-0.15, -0.1) is 0 Å². The van der Waals surface area contributed by atoms with Crippen molar-refractivity contribution in [1.29, 1.82) is 0 Å². The van der Waals surface area contributed by atoms with Gasteiger partial charge in [-0.2, -0.15) is 5.09 Å². The summed E-state index contributed by atoms with van der Waals surface area (Å²) in [5.74, 6) is -0.178. The zero-order valence-corrected chi connectivity index (χ0v) is 18.7. The quantitative estimate of drug-likeness (QED) is 0.173. The molecule has 1 aliphatic rings. The highest BCUT2D eigenvalue weighted by Crippen LogP contribution is 2.45. The maximum Gasteiger partial charge on any atom is 0.513 e. The zero-order valence-electron chi connectivity index (χ0n) is 17.8. The van der Waals surface area contributed by atoms with Crippen molar-refractivity contribution in [3.8, 4) is 11.5 Å².